The van der Waals surface area contributed by atoms with Gasteiger partial charge in [-0.15, -0.1) is 0 Å². The third-order valence-electron chi connectivity index (χ3n) is 3.23. The Morgan fingerprint density at radius 3 is 1.91 bits per heavy atom. The van der Waals surface area contributed by atoms with E-state index in [1.807, 2.05) is 12.1 Å². The second kappa shape index (κ2) is 16.3. The van der Waals surface area contributed by atoms with Gasteiger partial charge < -0.3 is 20.1 Å². The third-order valence-corrected chi connectivity index (χ3v) is 3.23. The average molecular weight is 312 g/mol. The van der Waals surface area contributed by atoms with E-state index in [0.29, 0.717) is 19.0 Å². The molecule has 0 radical (unpaired) electrons. The van der Waals surface area contributed by atoms with Crippen molar-refractivity contribution in [3.05, 3.63) is 29.8 Å². The minimum atomic E-state index is 0.0278. The fourth-order valence-corrected chi connectivity index (χ4v) is 2.00. The number of ether oxygens (including phenoxy) is 1. The van der Waals surface area contributed by atoms with Gasteiger partial charge in [-0.25, -0.2) is 0 Å². The highest BCUT2D eigenvalue weighted by Gasteiger charge is 1.94. The highest BCUT2D eigenvalue weighted by molar-refractivity contribution is 5.25. The van der Waals surface area contributed by atoms with Crippen LogP contribution in [-0.2, 0) is 11.2 Å². The molecule has 128 valence electrons. The van der Waals surface area contributed by atoms with E-state index < -0.39 is 0 Å². The van der Waals surface area contributed by atoms with Crippen LogP contribution in [0.2, 0.25) is 0 Å². The van der Waals surface area contributed by atoms with Crippen molar-refractivity contribution in [2.75, 3.05) is 26.4 Å². The van der Waals surface area contributed by atoms with Crippen molar-refractivity contribution in [1.82, 2.24) is 0 Å². The van der Waals surface area contributed by atoms with Crippen LogP contribution in [0.5, 0.6) is 5.75 Å². The molecule has 0 atom stereocenters. The Kier molecular flexibility index (Phi) is 15.5. The molecule has 3 N–H and O–H groups in total. The van der Waals surface area contributed by atoms with Crippen molar-refractivity contribution in [2.24, 2.45) is 0 Å². The highest BCUT2D eigenvalue weighted by Crippen LogP contribution is 2.13. The molecule has 4 nitrogen and oxygen atoms in total. The summed E-state index contributed by atoms with van der Waals surface area (Å²) in [6.07, 6.45) is 9.19. The number of hydrogen-bond donors (Lipinski definition) is 3. The van der Waals surface area contributed by atoms with Gasteiger partial charge >= 0.3 is 0 Å². The maximum absolute atomic E-state index is 9.13. The smallest absolute Gasteiger partial charge is 0.115 e. The molecule has 0 bridgehead atoms. The lowest BCUT2D eigenvalue weighted by atomic mass is 10.1. The number of benzene rings is 1. The molecule has 4 heteroatoms. The fourth-order valence-electron chi connectivity index (χ4n) is 2.00. The summed E-state index contributed by atoms with van der Waals surface area (Å²) in [5.41, 5.74) is 1.34. The van der Waals surface area contributed by atoms with Gasteiger partial charge in [0.05, 0.1) is 26.4 Å². The molecule has 0 aliphatic heterocycles. The SMILES string of the molecule is CCCCCCCCc1ccc(O)cc1.OCCOCCO. The first-order valence-electron chi connectivity index (χ1n) is 8.32. The molecule has 0 saturated heterocycles. The minimum absolute atomic E-state index is 0.0278. The Morgan fingerprint density at radius 2 is 1.36 bits per heavy atom. The molecular weight excluding hydrogens is 280 g/mol. The van der Waals surface area contributed by atoms with Crippen molar-refractivity contribution < 1.29 is 20.1 Å². The summed E-state index contributed by atoms with van der Waals surface area (Å²) in [7, 11) is 0. The first-order valence-corrected chi connectivity index (χ1v) is 8.32. The first kappa shape index (κ1) is 20.9. The van der Waals surface area contributed by atoms with Gasteiger partial charge in [0.25, 0.3) is 0 Å². The molecule has 0 aliphatic carbocycles. The van der Waals surface area contributed by atoms with Gasteiger partial charge in [0.15, 0.2) is 0 Å². The molecule has 1 aromatic rings. The van der Waals surface area contributed by atoms with Crippen molar-refractivity contribution in [3.63, 3.8) is 0 Å². The molecular formula is C18H32O4. The van der Waals surface area contributed by atoms with Crippen molar-refractivity contribution >= 4 is 0 Å². The maximum Gasteiger partial charge on any atom is 0.115 e. The van der Waals surface area contributed by atoms with E-state index in [0.717, 1.165) is 6.42 Å². The summed E-state index contributed by atoms with van der Waals surface area (Å²) < 4.78 is 4.63. The van der Waals surface area contributed by atoms with Crippen LogP contribution in [-0.4, -0.2) is 41.7 Å². The largest absolute Gasteiger partial charge is 0.508 e. The molecule has 1 rings (SSSR count). The molecule has 0 unspecified atom stereocenters. The van der Waals surface area contributed by atoms with Crippen LogP contribution >= 0.6 is 0 Å². The zero-order valence-electron chi connectivity index (χ0n) is 13.8. The predicted molar refractivity (Wildman–Crippen MR) is 90.2 cm³/mol. The van der Waals surface area contributed by atoms with Gasteiger partial charge in [-0.2, -0.15) is 0 Å². The zero-order valence-corrected chi connectivity index (χ0v) is 13.8. The number of aromatic hydroxyl groups is 1. The van der Waals surface area contributed by atoms with Crippen LogP contribution in [0.1, 0.15) is 51.0 Å². The fraction of sp³-hybridized carbons (Fsp3) is 0.667. The van der Waals surface area contributed by atoms with E-state index in [9.17, 15) is 0 Å². The average Bonchev–Trinajstić information content (AvgIpc) is 2.54. The van der Waals surface area contributed by atoms with E-state index in [1.165, 1.54) is 44.1 Å². The van der Waals surface area contributed by atoms with Crippen LogP contribution < -0.4 is 0 Å². The Labute approximate surface area is 134 Å². The van der Waals surface area contributed by atoms with Gasteiger partial charge in [-0.1, -0.05) is 51.2 Å². The summed E-state index contributed by atoms with van der Waals surface area (Å²) in [5.74, 6) is 0.363. The van der Waals surface area contributed by atoms with E-state index >= 15 is 0 Å². The van der Waals surface area contributed by atoms with Crippen molar-refractivity contribution in [1.29, 1.82) is 0 Å². The minimum Gasteiger partial charge on any atom is -0.508 e. The lowest BCUT2D eigenvalue weighted by Gasteiger charge is -2.02. The second-order valence-electron chi connectivity index (χ2n) is 5.24. The molecule has 0 heterocycles. The van der Waals surface area contributed by atoms with Gasteiger partial charge in [-0.05, 0) is 30.5 Å². The van der Waals surface area contributed by atoms with Gasteiger partial charge in [-0.3, -0.25) is 0 Å². The maximum atomic E-state index is 9.13. The number of aliphatic hydroxyl groups excluding tert-OH is 2. The molecule has 0 fully saturated rings. The zero-order chi connectivity index (χ0) is 16.5. The van der Waals surface area contributed by atoms with E-state index in [4.69, 9.17) is 15.3 Å². The van der Waals surface area contributed by atoms with Crippen molar-refractivity contribution in [3.8, 4) is 5.75 Å². The molecule has 0 saturated carbocycles. The van der Waals surface area contributed by atoms with Crippen LogP contribution in [0.25, 0.3) is 0 Å². The molecule has 0 aromatic heterocycles. The summed E-state index contributed by atoms with van der Waals surface area (Å²) in [4.78, 5) is 0. The summed E-state index contributed by atoms with van der Waals surface area (Å²) in [6, 6.07) is 7.57. The number of phenols is 1. The van der Waals surface area contributed by atoms with E-state index in [1.54, 1.807) is 12.1 Å². The highest BCUT2D eigenvalue weighted by atomic mass is 16.5. The van der Waals surface area contributed by atoms with Gasteiger partial charge in [0.1, 0.15) is 5.75 Å². The second-order valence-corrected chi connectivity index (χ2v) is 5.24. The number of rotatable bonds is 11. The summed E-state index contributed by atoms with van der Waals surface area (Å²) in [5, 5.41) is 25.3. The van der Waals surface area contributed by atoms with Gasteiger partial charge in [0.2, 0.25) is 0 Å². The molecule has 0 aliphatic rings. The van der Waals surface area contributed by atoms with Crippen LogP contribution in [0, 0.1) is 0 Å². The first-order chi connectivity index (χ1) is 10.7. The number of hydrogen-bond acceptors (Lipinski definition) is 4. The number of aryl methyl sites for hydroxylation is 1. The monoisotopic (exact) mass is 312 g/mol. The standard InChI is InChI=1S/C14H22O.C4H10O3/c1-2-3-4-5-6-7-8-13-9-11-14(15)12-10-13;5-1-3-7-4-2-6/h9-12,15H,2-8H2,1H3;5-6H,1-4H2. The van der Waals surface area contributed by atoms with Crippen LogP contribution in [0.3, 0.4) is 0 Å². The molecule has 22 heavy (non-hydrogen) atoms. The summed E-state index contributed by atoms with van der Waals surface area (Å²) >= 11 is 0. The normalized spacial score (nSPS) is 10.1. The molecule has 1 aromatic carbocycles. The quantitative estimate of drug-likeness (QED) is 0.548. The Morgan fingerprint density at radius 1 is 0.818 bits per heavy atom. The Balaban J connectivity index is 0.000000534. The van der Waals surface area contributed by atoms with Gasteiger partial charge in [0, 0.05) is 0 Å². The lowest BCUT2D eigenvalue weighted by Crippen LogP contribution is -2.03. The lowest BCUT2D eigenvalue weighted by molar-refractivity contribution is 0.0650. The Bertz CT molecular complexity index is 320. The Hall–Kier alpha value is -1.10. The predicted octanol–water partition coefficient (Wildman–Crippen LogP) is 3.28. The molecule has 0 spiro atoms. The summed E-state index contributed by atoms with van der Waals surface area (Å²) in [6.45, 7) is 2.94. The van der Waals surface area contributed by atoms with E-state index in [-0.39, 0.29) is 13.2 Å². The third kappa shape index (κ3) is 13.9. The topological polar surface area (TPSA) is 69.9 Å². The van der Waals surface area contributed by atoms with Crippen LogP contribution in [0.15, 0.2) is 24.3 Å². The van der Waals surface area contributed by atoms with E-state index in [2.05, 4.69) is 11.7 Å². The number of aliphatic hydroxyl groups is 2. The van der Waals surface area contributed by atoms with Crippen molar-refractivity contribution in [2.45, 2.75) is 51.9 Å². The molecule has 0 amide bonds. The number of phenolic OH excluding ortho intramolecular Hbond substituents is 1. The number of unbranched alkanes of at least 4 members (excludes halogenated alkanes) is 5. The van der Waals surface area contributed by atoms with Crippen LogP contribution in [0.4, 0.5) is 0 Å².